The Hall–Kier alpha value is -1.48. The highest BCUT2D eigenvalue weighted by atomic mass is 32.2. The monoisotopic (exact) mass is 272 g/mol. The van der Waals surface area contributed by atoms with Crippen molar-refractivity contribution in [1.82, 2.24) is 15.1 Å². The van der Waals surface area contributed by atoms with Crippen LogP contribution < -0.4 is 4.90 Å². The zero-order valence-electron chi connectivity index (χ0n) is 9.04. The number of amides is 4. The molecular formula is C8H8N4O3S2. The molecule has 0 aromatic carbocycles. The Morgan fingerprint density at radius 2 is 1.94 bits per heavy atom. The Labute approximate surface area is 105 Å². The maximum Gasteiger partial charge on any atom is 0.340 e. The molecule has 1 aliphatic rings. The number of anilines is 1. The van der Waals surface area contributed by atoms with Crippen LogP contribution in [-0.2, 0) is 9.59 Å². The standard InChI is InChI=1S/C8H8N4O3S2/c1-3-16-7-10-9-6(17-7)12-5(14)4(13)11(2)8(12)15/h3H2,1-2H3. The zero-order chi connectivity index (χ0) is 12.6. The van der Waals surface area contributed by atoms with Gasteiger partial charge in [-0.1, -0.05) is 30.0 Å². The smallest absolute Gasteiger partial charge is 0.263 e. The van der Waals surface area contributed by atoms with E-state index in [2.05, 4.69) is 10.2 Å². The van der Waals surface area contributed by atoms with Crippen molar-refractivity contribution in [2.45, 2.75) is 11.3 Å². The van der Waals surface area contributed by atoms with Crippen molar-refractivity contribution in [3.63, 3.8) is 0 Å². The average Bonchev–Trinajstić information content (AvgIpc) is 2.82. The first kappa shape index (κ1) is 12.0. The molecule has 1 saturated heterocycles. The number of likely N-dealkylation sites (N-methyl/N-ethyl adjacent to an activating group) is 1. The van der Waals surface area contributed by atoms with E-state index in [4.69, 9.17) is 0 Å². The number of aromatic nitrogens is 2. The van der Waals surface area contributed by atoms with E-state index in [1.165, 1.54) is 18.8 Å². The SMILES string of the molecule is CCSc1nnc(N2C(=O)C(=O)N(C)C2=O)s1. The molecule has 0 unspecified atom stereocenters. The van der Waals surface area contributed by atoms with Gasteiger partial charge in [0.2, 0.25) is 5.13 Å². The number of carbonyl (C=O) groups excluding carboxylic acids is 3. The van der Waals surface area contributed by atoms with E-state index in [1.807, 2.05) is 6.92 Å². The number of nitrogens with zero attached hydrogens (tertiary/aromatic N) is 4. The largest absolute Gasteiger partial charge is 0.340 e. The minimum absolute atomic E-state index is 0.133. The first-order chi connectivity index (χ1) is 8.06. The van der Waals surface area contributed by atoms with Crippen LogP contribution in [0.15, 0.2) is 4.34 Å². The highest BCUT2D eigenvalue weighted by Crippen LogP contribution is 2.30. The molecule has 0 saturated carbocycles. The van der Waals surface area contributed by atoms with Crippen LogP contribution in [-0.4, -0.2) is 45.7 Å². The third-order valence-corrected chi connectivity index (χ3v) is 3.95. The van der Waals surface area contributed by atoms with Crippen LogP contribution in [0.5, 0.6) is 0 Å². The maximum atomic E-state index is 11.6. The van der Waals surface area contributed by atoms with Gasteiger partial charge in [-0.05, 0) is 5.75 Å². The third-order valence-electron chi connectivity index (χ3n) is 2.02. The lowest BCUT2D eigenvalue weighted by molar-refractivity contribution is -0.138. The summed E-state index contributed by atoms with van der Waals surface area (Å²) >= 11 is 2.57. The fraction of sp³-hybridized carbons (Fsp3) is 0.375. The Morgan fingerprint density at radius 1 is 1.24 bits per heavy atom. The van der Waals surface area contributed by atoms with Crippen LogP contribution in [0.4, 0.5) is 9.93 Å². The third kappa shape index (κ3) is 1.91. The number of hydrogen-bond acceptors (Lipinski definition) is 7. The van der Waals surface area contributed by atoms with Gasteiger partial charge in [0.15, 0.2) is 4.34 Å². The van der Waals surface area contributed by atoms with Crippen LogP contribution in [0.2, 0.25) is 0 Å². The van der Waals surface area contributed by atoms with Gasteiger partial charge in [0.05, 0.1) is 0 Å². The molecule has 1 fully saturated rings. The van der Waals surface area contributed by atoms with E-state index in [1.54, 1.807) is 0 Å². The molecule has 9 heteroatoms. The lowest BCUT2D eigenvalue weighted by atomic mass is 10.6. The normalized spacial score (nSPS) is 16.2. The Bertz CT molecular complexity index is 501. The lowest BCUT2D eigenvalue weighted by Crippen LogP contribution is -2.31. The van der Waals surface area contributed by atoms with Gasteiger partial charge in [-0.25, -0.2) is 4.79 Å². The van der Waals surface area contributed by atoms with Crippen LogP contribution in [0.3, 0.4) is 0 Å². The van der Waals surface area contributed by atoms with E-state index in [0.717, 1.165) is 26.9 Å². The molecule has 90 valence electrons. The van der Waals surface area contributed by atoms with Gasteiger partial charge in [0, 0.05) is 7.05 Å². The number of thioether (sulfide) groups is 1. The summed E-state index contributed by atoms with van der Waals surface area (Å²) in [6.45, 7) is 1.95. The molecule has 0 N–H and O–H groups in total. The van der Waals surface area contributed by atoms with Gasteiger partial charge in [-0.15, -0.1) is 10.2 Å². The summed E-state index contributed by atoms with van der Waals surface area (Å²) < 4.78 is 0.658. The number of urea groups is 1. The summed E-state index contributed by atoms with van der Waals surface area (Å²) in [6.07, 6.45) is 0. The molecule has 0 radical (unpaired) electrons. The number of hydrogen-bond donors (Lipinski definition) is 0. The molecule has 0 aliphatic carbocycles. The molecule has 7 nitrogen and oxygen atoms in total. The Morgan fingerprint density at radius 3 is 2.47 bits per heavy atom. The molecule has 0 spiro atoms. The highest BCUT2D eigenvalue weighted by molar-refractivity contribution is 8.01. The molecule has 0 atom stereocenters. The van der Waals surface area contributed by atoms with Gasteiger partial charge in [0.25, 0.3) is 0 Å². The minimum Gasteiger partial charge on any atom is -0.263 e. The van der Waals surface area contributed by atoms with Crippen molar-refractivity contribution in [2.75, 3.05) is 17.7 Å². The van der Waals surface area contributed by atoms with E-state index in [-0.39, 0.29) is 5.13 Å². The lowest BCUT2D eigenvalue weighted by Gasteiger charge is -2.07. The molecular weight excluding hydrogens is 264 g/mol. The topological polar surface area (TPSA) is 83.5 Å². The first-order valence-corrected chi connectivity index (χ1v) is 6.49. The van der Waals surface area contributed by atoms with Crippen molar-refractivity contribution in [2.24, 2.45) is 0 Å². The molecule has 1 aromatic rings. The predicted octanol–water partition coefficient (Wildman–Crippen LogP) is 0.575. The zero-order valence-corrected chi connectivity index (χ0v) is 10.7. The van der Waals surface area contributed by atoms with E-state index < -0.39 is 17.8 Å². The quantitative estimate of drug-likeness (QED) is 0.346. The van der Waals surface area contributed by atoms with Crippen molar-refractivity contribution in [1.29, 1.82) is 0 Å². The van der Waals surface area contributed by atoms with Crippen molar-refractivity contribution < 1.29 is 14.4 Å². The van der Waals surface area contributed by atoms with Crippen molar-refractivity contribution in [3.05, 3.63) is 0 Å². The van der Waals surface area contributed by atoms with Crippen LogP contribution in [0, 0.1) is 0 Å². The first-order valence-electron chi connectivity index (χ1n) is 4.68. The van der Waals surface area contributed by atoms with Gasteiger partial charge >= 0.3 is 17.8 Å². The molecule has 17 heavy (non-hydrogen) atoms. The average molecular weight is 272 g/mol. The van der Waals surface area contributed by atoms with Gasteiger partial charge in [0.1, 0.15) is 0 Å². The van der Waals surface area contributed by atoms with Gasteiger partial charge < -0.3 is 0 Å². The molecule has 1 aromatic heterocycles. The number of carbonyl (C=O) groups is 3. The highest BCUT2D eigenvalue weighted by Gasteiger charge is 2.44. The van der Waals surface area contributed by atoms with E-state index in [0.29, 0.717) is 4.34 Å². The summed E-state index contributed by atoms with van der Waals surface area (Å²) in [6, 6.07) is -0.691. The van der Waals surface area contributed by atoms with E-state index in [9.17, 15) is 14.4 Å². The van der Waals surface area contributed by atoms with Crippen molar-refractivity contribution >= 4 is 46.1 Å². The van der Waals surface area contributed by atoms with Crippen molar-refractivity contribution in [3.8, 4) is 0 Å². The van der Waals surface area contributed by atoms with Crippen LogP contribution in [0.1, 0.15) is 6.92 Å². The summed E-state index contributed by atoms with van der Waals surface area (Å²) in [5.41, 5.74) is 0. The molecule has 0 bridgehead atoms. The second-order valence-corrected chi connectivity index (χ2v) is 5.54. The number of imide groups is 2. The molecule has 1 aliphatic heterocycles. The van der Waals surface area contributed by atoms with Crippen LogP contribution in [0.25, 0.3) is 0 Å². The molecule has 4 amide bonds. The second kappa shape index (κ2) is 4.41. The predicted molar refractivity (Wildman–Crippen MR) is 62.0 cm³/mol. The second-order valence-electron chi connectivity index (χ2n) is 3.07. The number of rotatable bonds is 3. The maximum absolute atomic E-state index is 11.6. The summed E-state index contributed by atoms with van der Waals surface area (Å²) in [5.74, 6) is -0.924. The Balaban J connectivity index is 2.30. The van der Waals surface area contributed by atoms with Gasteiger partial charge in [-0.3, -0.25) is 14.5 Å². The van der Waals surface area contributed by atoms with Gasteiger partial charge in [-0.2, -0.15) is 4.90 Å². The summed E-state index contributed by atoms with van der Waals surface area (Å²) in [4.78, 5) is 36.0. The minimum atomic E-state index is -0.887. The fourth-order valence-corrected chi connectivity index (χ4v) is 2.94. The summed E-state index contributed by atoms with van der Waals surface area (Å²) in [7, 11) is 1.26. The van der Waals surface area contributed by atoms with Crippen LogP contribution >= 0.6 is 23.1 Å². The summed E-state index contributed by atoms with van der Waals surface area (Å²) in [5, 5.41) is 7.70. The molecule has 2 rings (SSSR count). The fourth-order valence-electron chi connectivity index (χ4n) is 1.21. The molecule has 2 heterocycles. The van der Waals surface area contributed by atoms with E-state index >= 15 is 0 Å². The Kier molecular flexibility index (Phi) is 3.11.